The van der Waals surface area contributed by atoms with Crippen molar-refractivity contribution < 1.29 is 14.4 Å². The molecule has 1 N–H and O–H groups in total. The van der Waals surface area contributed by atoms with Gasteiger partial charge in [-0.15, -0.1) is 11.8 Å². The van der Waals surface area contributed by atoms with Crippen LogP contribution in [0.3, 0.4) is 0 Å². The van der Waals surface area contributed by atoms with E-state index in [1.165, 1.54) is 6.08 Å². The largest absolute Gasteiger partial charge is 0.335 e. The van der Waals surface area contributed by atoms with Crippen molar-refractivity contribution in [2.24, 2.45) is 0 Å². The number of urea groups is 1. The number of amides is 4. The molecular weight excluding hydrogens is 336 g/mol. The molecule has 6 heteroatoms. The van der Waals surface area contributed by atoms with E-state index in [0.717, 1.165) is 20.9 Å². The number of thioether (sulfide) groups is 1. The third-order valence-corrected chi connectivity index (χ3v) is 4.56. The highest BCUT2D eigenvalue weighted by atomic mass is 32.2. The predicted octanol–water partition coefficient (Wildman–Crippen LogP) is 3.38. The molecule has 1 fully saturated rings. The van der Waals surface area contributed by atoms with Crippen LogP contribution in [-0.2, 0) is 9.59 Å². The number of carbonyl (C=O) groups excluding carboxylic acids is 3. The molecule has 1 saturated heterocycles. The van der Waals surface area contributed by atoms with Crippen LogP contribution in [0.5, 0.6) is 0 Å². The maximum Gasteiger partial charge on any atom is 0.335 e. The Morgan fingerprint density at radius 2 is 1.60 bits per heavy atom. The normalized spacial score (nSPS) is 16.3. The lowest BCUT2D eigenvalue weighted by molar-refractivity contribution is -0.122. The summed E-state index contributed by atoms with van der Waals surface area (Å²) in [6.07, 6.45) is 3.46. The molecule has 1 aliphatic rings. The van der Waals surface area contributed by atoms with E-state index in [1.54, 1.807) is 36.0 Å². The summed E-state index contributed by atoms with van der Waals surface area (Å²) >= 11 is 1.60. The second-order valence-corrected chi connectivity index (χ2v) is 6.45. The van der Waals surface area contributed by atoms with Gasteiger partial charge in [-0.25, -0.2) is 9.69 Å². The van der Waals surface area contributed by atoms with Gasteiger partial charge in [-0.1, -0.05) is 29.8 Å². The minimum Gasteiger partial charge on any atom is -0.273 e. The van der Waals surface area contributed by atoms with E-state index in [2.05, 4.69) is 5.32 Å². The summed E-state index contributed by atoms with van der Waals surface area (Å²) < 4.78 is 0. The summed E-state index contributed by atoms with van der Waals surface area (Å²) in [6.45, 7) is 1.91. The lowest BCUT2D eigenvalue weighted by atomic mass is 10.1. The Hall–Kier alpha value is -2.86. The van der Waals surface area contributed by atoms with Crippen LogP contribution in [0, 0.1) is 6.92 Å². The molecule has 2 aromatic rings. The third-order valence-electron chi connectivity index (χ3n) is 3.82. The number of barbiturate groups is 1. The summed E-state index contributed by atoms with van der Waals surface area (Å²) in [4.78, 5) is 39.0. The number of anilines is 1. The van der Waals surface area contributed by atoms with Crippen LogP contribution >= 0.6 is 11.8 Å². The first-order valence-corrected chi connectivity index (χ1v) is 8.84. The first kappa shape index (κ1) is 17.0. The Kier molecular flexibility index (Phi) is 4.72. The van der Waals surface area contributed by atoms with Gasteiger partial charge in [-0.05, 0) is 49.1 Å². The number of carbonyl (C=O) groups is 3. The maximum atomic E-state index is 12.7. The number of nitrogens with zero attached hydrogens (tertiary/aromatic N) is 1. The number of imide groups is 2. The first-order valence-electron chi connectivity index (χ1n) is 7.62. The van der Waals surface area contributed by atoms with Crippen molar-refractivity contribution in [2.45, 2.75) is 11.8 Å². The van der Waals surface area contributed by atoms with E-state index in [-0.39, 0.29) is 5.57 Å². The molecule has 0 atom stereocenters. The molecular formula is C19H16N2O3S. The van der Waals surface area contributed by atoms with Crippen molar-refractivity contribution in [1.82, 2.24) is 5.32 Å². The summed E-state index contributed by atoms with van der Waals surface area (Å²) in [7, 11) is 0. The zero-order valence-electron chi connectivity index (χ0n) is 13.8. The standard InChI is InChI=1S/C19H16N2O3S/c1-12-3-7-14(8-4-12)21-18(23)16(17(22)20-19(21)24)11-13-5-9-15(25-2)10-6-13/h3-11H,1-2H3,(H,20,22,24)/b16-11+. The maximum absolute atomic E-state index is 12.7. The van der Waals surface area contributed by atoms with E-state index < -0.39 is 17.8 Å². The molecule has 126 valence electrons. The molecule has 0 saturated carbocycles. The average Bonchev–Trinajstić information content (AvgIpc) is 2.60. The van der Waals surface area contributed by atoms with Crippen LogP contribution in [0.15, 0.2) is 59.0 Å². The highest BCUT2D eigenvalue weighted by Crippen LogP contribution is 2.23. The van der Waals surface area contributed by atoms with Gasteiger partial charge in [-0.3, -0.25) is 14.9 Å². The van der Waals surface area contributed by atoms with Crippen LogP contribution in [0.1, 0.15) is 11.1 Å². The molecule has 1 aliphatic heterocycles. The number of hydrogen-bond acceptors (Lipinski definition) is 4. The fraction of sp³-hybridized carbons (Fsp3) is 0.105. The molecule has 0 aliphatic carbocycles. The zero-order chi connectivity index (χ0) is 18.0. The van der Waals surface area contributed by atoms with Crippen LogP contribution in [-0.4, -0.2) is 24.1 Å². The molecule has 0 bridgehead atoms. The van der Waals surface area contributed by atoms with Crippen LogP contribution < -0.4 is 10.2 Å². The molecule has 5 nitrogen and oxygen atoms in total. The lowest BCUT2D eigenvalue weighted by Gasteiger charge is -2.26. The van der Waals surface area contributed by atoms with Crippen LogP contribution in [0.2, 0.25) is 0 Å². The molecule has 2 aromatic carbocycles. The Labute approximate surface area is 149 Å². The van der Waals surface area contributed by atoms with Crippen LogP contribution in [0.25, 0.3) is 6.08 Å². The highest BCUT2D eigenvalue weighted by molar-refractivity contribution is 7.98. The zero-order valence-corrected chi connectivity index (χ0v) is 14.6. The second kappa shape index (κ2) is 6.94. The molecule has 1 heterocycles. The predicted molar refractivity (Wildman–Crippen MR) is 98.4 cm³/mol. The summed E-state index contributed by atoms with van der Waals surface area (Å²) in [6, 6.07) is 13.7. The molecule has 3 rings (SSSR count). The fourth-order valence-electron chi connectivity index (χ4n) is 2.45. The van der Waals surface area contributed by atoms with Crippen molar-refractivity contribution in [3.63, 3.8) is 0 Å². The monoisotopic (exact) mass is 352 g/mol. The summed E-state index contributed by atoms with van der Waals surface area (Å²) in [5.41, 5.74) is 2.07. The Morgan fingerprint density at radius 3 is 2.20 bits per heavy atom. The van der Waals surface area contributed by atoms with Gasteiger partial charge >= 0.3 is 6.03 Å². The van der Waals surface area contributed by atoms with Gasteiger partial charge in [0.1, 0.15) is 5.57 Å². The van der Waals surface area contributed by atoms with E-state index >= 15 is 0 Å². The van der Waals surface area contributed by atoms with Gasteiger partial charge in [0.15, 0.2) is 0 Å². The second-order valence-electron chi connectivity index (χ2n) is 5.57. The van der Waals surface area contributed by atoms with Crippen molar-refractivity contribution in [1.29, 1.82) is 0 Å². The minimum atomic E-state index is -0.742. The van der Waals surface area contributed by atoms with Crippen molar-refractivity contribution in [3.05, 3.63) is 65.2 Å². The number of nitrogens with one attached hydrogen (secondary N) is 1. The molecule has 0 radical (unpaired) electrons. The first-order chi connectivity index (χ1) is 12.0. The Morgan fingerprint density at radius 1 is 0.960 bits per heavy atom. The number of hydrogen-bond donors (Lipinski definition) is 1. The fourth-order valence-corrected chi connectivity index (χ4v) is 2.86. The molecule has 25 heavy (non-hydrogen) atoms. The smallest absolute Gasteiger partial charge is 0.273 e. The quantitative estimate of drug-likeness (QED) is 0.522. The number of rotatable bonds is 3. The highest BCUT2D eigenvalue weighted by Gasteiger charge is 2.36. The Balaban J connectivity index is 1.97. The van der Waals surface area contributed by atoms with Gasteiger partial charge < -0.3 is 0 Å². The van der Waals surface area contributed by atoms with Crippen molar-refractivity contribution >= 4 is 41.4 Å². The number of benzene rings is 2. The third kappa shape index (κ3) is 3.49. The van der Waals surface area contributed by atoms with E-state index in [9.17, 15) is 14.4 Å². The Bertz CT molecular complexity index is 871. The molecule has 0 spiro atoms. The van der Waals surface area contributed by atoms with Crippen molar-refractivity contribution in [3.8, 4) is 0 Å². The van der Waals surface area contributed by atoms with Gasteiger partial charge in [0.05, 0.1) is 5.69 Å². The average molecular weight is 352 g/mol. The van der Waals surface area contributed by atoms with Gasteiger partial charge in [0.25, 0.3) is 11.8 Å². The van der Waals surface area contributed by atoms with Gasteiger partial charge in [-0.2, -0.15) is 0 Å². The SMILES string of the molecule is CSc1ccc(/C=C2\C(=O)NC(=O)N(c3ccc(C)cc3)C2=O)cc1. The molecule has 0 unspecified atom stereocenters. The minimum absolute atomic E-state index is 0.0722. The van der Waals surface area contributed by atoms with Gasteiger partial charge in [0, 0.05) is 4.90 Å². The van der Waals surface area contributed by atoms with Gasteiger partial charge in [0.2, 0.25) is 0 Å². The summed E-state index contributed by atoms with van der Waals surface area (Å²) in [5.74, 6) is -1.32. The summed E-state index contributed by atoms with van der Waals surface area (Å²) in [5, 5.41) is 2.22. The number of aryl methyl sites for hydroxylation is 1. The lowest BCUT2D eigenvalue weighted by Crippen LogP contribution is -2.54. The van der Waals surface area contributed by atoms with Crippen molar-refractivity contribution in [2.75, 3.05) is 11.2 Å². The topological polar surface area (TPSA) is 66.5 Å². The molecule has 4 amide bonds. The van der Waals surface area contributed by atoms with E-state index in [0.29, 0.717) is 5.69 Å². The molecule has 0 aromatic heterocycles. The van der Waals surface area contributed by atoms with E-state index in [1.807, 2.05) is 37.4 Å². The van der Waals surface area contributed by atoms with E-state index in [4.69, 9.17) is 0 Å². The van der Waals surface area contributed by atoms with Crippen LogP contribution in [0.4, 0.5) is 10.5 Å².